The van der Waals surface area contributed by atoms with E-state index in [1.165, 1.54) is 0 Å². The van der Waals surface area contributed by atoms with Gasteiger partial charge in [-0.25, -0.2) is 9.97 Å². The maximum absolute atomic E-state index is 13.1. The molecule has 0 saturated carbocycles. The smallest absolute Gasteiger partial charge is 0.230 e. The van der Waals surface area contributed by atoms with E-state index in [0.717, 1.165) is 43.3 Å². The molecule has 3 rings (SSSR count). The largest absolute Gasteiger partial charge is 0.381 e. The van der Waals surface area contributed by atoms with Gasteiger partial charge in [0.15, 0.2) is 0 Å². The topological polar surface area (TPSA) is 84.6 Å². The highest BCUT2D eigenvalue weighted by Gasteiger charge is 2.42. The molecule has 1 aromatic heterocycles. The normalized spacial score (nSPS) is 19.0. The standard InChI is InChI=1S/C19H31N5O2.2ClH/c1-14(2)17-21-15(3)12-16(22-17)23-6-8-24(9-7-23)18(25)19(13-20)4-10-26-11-5-19;;/h12,14H,4-11,13,20H2,1-3H3;2*1H. The molecule has 3 heterocycles. The minimum Gasteiger partial charge on any atom is -0.381 e. The van der Waals surface area contributed by atoms with Crippen LogP contribution in [0, 0.1) is 12.3 Å². The lowest BCUT2D eigenvalue weighted by Gasteiger charge is -2.42. The first kappa shape index (κ1) is 24.9. The second-order valence-electron chi connectivity index (χ2n) is 7.76. The van der Waals surface area contributed by atoms with Crippen molar-refractivity contribution in [3.8, 4) is 0 Å². The molecule has 0 aliphatic carbocycles. The molecular weight excluding hydrogens is 401 g/mol. The third-order valence-corrected chi connectivity index (χ3v) is 5.56. The third kappa shape index (κ3) is 5.26. The van der Waals surface area contributed by atoms with Crippen molar-refractivity contribution in [1.82, 2.24) is 14.9 Å². The molecule has 7 nitrogen and oxygen atoms in total. The summed E-state index contributed by atoms with van der Waals surface area (Å²) in [6.45, 7) is 10.9. The number of rotatable bonds is 4. The van der Waals surface area contributed by atoms with Gasteiger partial charge in [-0.1, -0.05) is 13.8 Å². The second kappa shape index (κ2) is 10.6. The summed E-state index contributed by atoms with van der Waals surface area (Å²) in [5.74, 6) is 2.34. The minimum atomic E-state index is -0.434. The molecule has 0 bridgehead atoms. The molecule has 2 aliphatic rings. The lowest BCUT2D eigenvalue weighted by atomic mass is 9.78. The number of nitrogens with two attached hydrogens (primary N) is 1. The van der Waals surface area contributed by atoms with Crippen LogP contribution in [0.4, 0.5) is 5.82 Å². The van der Waals surface area contributed by atoms with Crippen LogP contribution in [0.5, 0.6) is 0 Å². The lowest BCUT2D eigenvalue weighted by molar-refractivity contribution is -0.147. The van der Waals surface area contributed by atoms with Crippen molar-refractivity contribution in [1.29, 1.82) is 0 Å². The van der Waals surface area contributed by atoms with Crippen LogP contribution in [0.25, 0.3) is 0 Å². The maximum Gasteiger partial charge on any atom is 0.230 e. The highest BCUT2D eigenvalue weighted by atomic mass is 35.5. The zero-order valence-electron chi connectivity index (χ0n) is 17.0. The molecule has 0 spiro atoms. The van der Waals surface area contributed by atoms with Crippen LogP contribution in [0.1, 0.15) is 44.1 Å². The van der Waals surface area contributed by atoms with E-state index in [4.69, 9.17) is 15.5 Å². The summed E-state index contributed by atoms with van der Waals surface area (Å²) < 4.78 is 5.43. The van der Waals surface area contributed by atoms with Gasteiger partial charge in [-0.05, 0) is 19.8 Å². The third-order valence-electron chi connectivity index (χ3n) is 5.56. The maximum atomic E-state index is 13.1. The number of hydrogen-bond donors (Lipinski definition) is 1. The van der Waals surface area contributed by atoms with Crippen molar-refractivity contribution in [2.45, 2.75) is 39.5 Å². The van der Waals surface area contributed by atoms with E-state index in [1.807, 2.05) is 17.9 Å². The Balaban J connectivity index is 0.00000196. The number of piperazine rings is 1. The molecule has 2 aliphatic heterocycles. The molecule has 28 heavy (non-hydrogen) atoms. The number of carbonyl (C=O) groups excluding carboxylic acids is 1. The SMILES string of the molecule is Cc1cc(N2CCN(C(=O)C3(CN)CCOCC3)CC2)nc(C(C)C)n1.Cl.Cl. The van der Waals surface area contributed by atoms with Crippen molar-refractivity contribution in [2.24, 2.45) is 11.1 Å². The van der Waals surface area contributed by atoms with E-state index in [9.17, 15) is 4.79 Å². The van der Waals surface area contributed by atoms with Gasteiger partial charge in [0.1, 0.15) is 11.6 Å². The number of nitrogens with zero attached hydrogens (tertiary/aromatic N) is 4. The molecule has 1 aromatic rings. The highest BCUT2D eigenvalue weighted by Crippen LogP contribution is 2.32. The molecule has 160 valence electrons. The average molecular weight is 434 g/mol. The summed E-state index contributed by atoms with van der Waals surface area (Å²) in [6, 6.07) is 2.03. The molecule has 2 fully saturated rings. The molecule has 1 amide bonds. The Morgan fingerprint density at radius 1 is 1.18 bits per heavy atom. The van der Waals surface area contributed by atoms with E-state index < -0.39 is 5.41 Å². The number of halogens is 2. The molecule has 9 heteroatoms. The van der Waals surface area contributed by atoms with Gasteiger partial charge >= 0.3 is 0 Å². The summed E-state index contributed by atoms with van der Waals surface area (Å²) in [7, 11) is 0. The number of hydrogen-bond acceptors (Lipinski definition) is 6. The Kier molecular flexibility index (Phi) is 9.40. The minimum absolute atomic E-state index is 0. The monoisotopic (exact) mass is 433 g/mol. The predicted octanol–water partition coefficient (Wildman–Crippen LogP) is 2.16. The Labute approximate surface area is 180 Å². The molecule has 2 saturated heterocycles. The first-order valence-corrected chi connectivity index (χ1v) is 9.63. The molecule has 0 atom stereocenters. The van der Waals surface area contributed by atoms with Gasteiger partial charge in [-0.15, -0.1) is 24.8 Å². The Morgan fingerprint density at radius 2 is 1.79 bits per heavy atom. The van der Waals surface area contributed by atoms with Gasteiger partial charge in [0.25, 0.3) is 0 Å². The van der Waals surface area contributed by atoms with Crippen LogP contribution in [-0.2, 0) is 9.53 Å². The van der Waals surface area contributed by atoms with Gasteiger partial charge in [-0.2, -0.15) is 0 Å². The van der Waals surface area contributed by atoms with E-state index in [-0.39, 0.29) is 30.7 Å². The quantitative estimate of drug-likeness (QED) is 0.782. The van der Waals surface area contributed by atoms with Crippen LogP contribution in [0.3, 0.4) is 0 Å². The Hall–Kier alpha value is -1.15. The summed E-state index contributed by atoms with van der Waals surface area (Å²) in [5, 5.41) is 0. The van der Waals surface area contributed by atoms with Gasteiger partial charge in [0, 0.05) is 63.6 Å². The molecule has 2 N–H and O–H groups in total. The lowest BCUT2D eigenvalue weighted by Crippen LogP contribution is -2.56. The zero-order valence-corrected chi connectivity index (χ0v) is 18.7. The van der Waals surface area contributed by atoms with E-state index >= 15 is 0 Å². The fraction of sp³-hybridized carbons (Fsp3) is 0.737. The number of carbonyl (C=O) groups is 1. The number of amides is 1. The van der Waals surface area contributed by atoms with E-state index in [1.54, 1.807) is 0 Å². The fourth-order valence-electron chi connectivity index (χ4n) is 3.74. The number of aromatic nitrogens is 2. The summed E-state index contributed by atoms with van der Waals surface area (Å²) in [6.07, 6.45) is 1.46. The summed E-state index contributed by atoms with van der Waals surface area (Å²) >= 11 is 0. The Bertz CT molecular complexity index is 645. The average Bonchev–Trinajstić information content (AvgIpc) is 2.67. The van der Waals surface area contributed by atoms with E-state index in [0.29, 0.717) is 38.8 Å². The highest BCUT2D eigenvalue weighted by molar-refractivity contribution is 5.85. The van der Waals surface area contributed by atoms with Gasteiger partial charge < -0.3 is 20.3 Å². The van der Waals surface area contributed by atoms with Crippen LogP contribution < -0.4 is 10.6 Å². The van der Waals surface area contributed by atoms with Crippen molar-refractivity contribution >= 4 is 36.5 Å². The second-order valence-corrected chi connectivity index (χ2v) is 7.76. The molecular formula is C19H33Cl2N5O2. The Morgan fingerprint density at radius 3 is 2.32 bits per heavy atom. The first-order valence-electron chi connectivity index (χ1n) is 9.63. The van der Waals surface area contributed by atoms with Gasteiger partial charge in [0.05, 0.1) is 5.41 Å². The first-order chi connectivity index (χ1) is 12.4. The van der Waals surface area contributed by atoms with Crippen molar-refractivity contribution in [3.63, 3.8) is 0 Å². The van der Waals surface area contributed by atoms with Gasteiger partial charge in [0.2, 0.25) is 5.91 Å². The van der Waals surface area contributed by atoms with E-state index in [2.05, 4.69) is 23.7 Å². The molecule has 0 radical (unpaired) electrons. The number of anilines is 1. The predicted molar refractivity (Wildman–Crippen MR) is 116 cm³/mol. The van der Waals surface area contributed by atoms with Crippen molar-refractivity contribution in [3.05, 3.63) is 17.6 Å². The summed E-state index contributed by atoms with van der Waals surface area (Å²) in [4.78, 5) is 26.6. The van der Waals surface area contributed by atoms with Crippen LogP contribution in [0.2, 0.25) is 0 Å². The van der Waals surface area contributed by atoms with Crippen LogP contribution in [-0.4, -0.2) is 66.7 Å². The summed E-state index contributed by atoms with van der Waals surface area (Å²) in [5.41, 5.74) is 6.55. The van der Waals surface area contributed by atoms with Gasteiger partial charge in [-0.3, -0.25) is 4.79 Å². The van der Waals surface area contributed by atoms with Crippen LogP contribution >= 0.6 is 24.8 Å². The van der Waals surface area contributed by atoms with Crippen molar-refractivity contribution < 1.29 is 9.53 Å². The molecule has 0 unspecified atom stereocenters. The number of aryl methyl sites for hydroxylation is 1. The van der Waals surface area contributed by atoms with Crippen molar-refractivity contribution in [2.75, 3.05) is 50.8 Å². The number of ether oxygens (including phenoxy) is 1. The molecule has 0 aromatic carbocycles. The fourth-order valence-corrected chi connectivity index (χ4v) is 3.74. The van der Waals surface area contributed by atoms with Crippen LogP contribution in [0.15, 0.2) is 6.07 Å². The zero-order chi connectivity index (χ0) is 18.7.